The summed E-state index contributed by atoms with van der Waals surface area (Å²) < 4.78 is 0. The van der Waals surface area contributed by atoms with Crippen molar-refractivity contribution in [3.8, 4) is 0 Å². The third kappa shape index (κ3) is 3.63. The normalized spacial score (nSPS) is 14.7. The van der Waals surface area contributed by atoms with Crippen LogP contribution in [0.1, 0.15) is 26.2 Å². The molecular weight excluding hydrogens is 238 g/mol. The minimum absolute atomic E-state index is 0.239. The van der Waals surface area contributed by atoms with Crippen molar-refractivity contribution >= 4 is 17.3 Å². The van der Waals surface area contributed by atoms with Gasteiger partial charge in [0.2, 0.25) is 5.91 Å². The van der Waals surface area contributed by atoms with Crippen LogP contribution in [-0.4, -0.2) is 37.0 Å². The number of amides is 1. The van der Waals surface area contributed by atoms with Crippen LogP contribution in [0.25, 0.3) is 0 Å². The van der Waals surface area contributed by atoms with Crippen LogP contribution >= 0.6 is 0 Å². The Morgan fingerprint density at radius 3 is 2.47 bits per heavy atom. The third-order valence-corrected chi connectivity index (χ3v) is 3.54. The van der Waals surface area contributed by atoms with Crippen LogP contribution in [0.2, 0.25) is 0 Å². The van der Waals surface area contributed by atoms with Gasteiger partial charge in [-0.15, -0.1) is 0 Å². The highest BCUT2D eigenvalue weighted by Gasteiger charge is 2.20. The van der Waals surface area contributed by atoms with E-state index in [4.69, 9.17) is 5.73 Å². The number of anilines is 2. The summed E-state index contributed by atoms with van der Waals surface area (Å²) in [4.78, 5) is 16.3. The molecule has 0 atom stereocenters. The lowest BCUT2D eigenvalue weighted by atomic mass is 10.2. The molecule has 1 amide bonds. The van der Waals surface area contributed by atoms with Crippen LogP contribution in [0, 0.1) is 0 Å². The van der Waals surface area contributed by atoms with Crippen molar-refractivity contribution in [2.45, 2.75) is 26.2 Å². The average Bonchev–Trinajstić information content (AvgIpc) is 2.93. The molecule has 1 aliphatic rings. The Hall–Kier alpha value is -1.71. The minimum atomic E-state index is 0.239. The Kier molecular flexibility index (Phi) is 4.66. The summed E-state index contributed by atoms with van der Waals surface area (Å²) in [6.45, 7) is 5.33. The molecule has 2 N–H and O–H groups in total. The van der Waals surface area contributed by atoms with E-state index in [-0.39, 0.29) is 5.91 Å². The van der Waals surface area contributed by atoms with Gasteiger partial charge >= 0.3 is 0 Å². The molecule has 1 aromatic carbocycles. The molecule has 1 heterocycles. The molecule has 4 nitrogen and oxygen atoms in total. The minimum Gasteiger partial charge on any atom is -0.399 e. The predicted molar refractivity (Wildman–Crippen MR) is 79.2 cm³/mol. The number of rotatable bonds is 5. The topological polar surface area (TPSA) is 49.6 Å². The van der Waals surface area contributed by atoms with E-state index in [1.807, 2.05) is 29.2 Å². The van der Waals surface area contributed by atoms with Crippen LogP contribution in [-0.2, 0) is 4.79 Å². The van der Waals surface area contributed by atoms with Gasteiger partial charge in [0.1, 0.15) is 0 Å². The van der Waals surface area contributed by atoms with Crippen LogP contribution in [0.5, 0.6) is 0 Å². The number of nitrogen functional groups attached to an aromatic ring is 1. The number of hydrogen-bond donors (Lipinski definition) is 1. The number of likely N-dealkylation sites (tertiary alicyclic amines) is 1. The van der Waals surface area contributed by atoms with E-state index < -0.39 is 0 Å². The first-order chi connectivity index (χ1) is 9.20. The highest BCUT2D eigenvalue weighted by Crippen LogP contribution is 2.17. The summed E-state index contributed by atoms with van der Waals surface area (Å²) >= 11 is 0. The maximum Gasteiger partial charge on any atom is 0.242 e. The van der Waals surface area contributed by atoms with E-state index in [1.165, 1.54) is 0 Å². The molecule has 1 saturated heterocycles. The summed E-state index contributed by atoms with van der Waals surface area (Å²) in [5, 5.41) is 0. The fourth-order valence-corrected chi connectivity index (χ4v) is 2.48. The van der Waals surface area contributed by atoms with Gasteiger partial charge in [0, 0.05) is 31.0 Å². The first-order valence-corrected chi connectivity index (χ1v) is 7.09. The van der Waals surface area contributed by atoms with Gasteiger partial charge in [-0.2, -0.15) is 0 Å². The lowest BCUT2D eigenvalue weighted by molar-refractivity contribution is -0.128. The van der Waals surface area contributed by atoms with E-state index >= 15 is 0 Å². The van der Waals surface area contributed by atoms with E-state index in [0.29, 0.717) is 6.54 Å². The molecule has 0 aromatic heterocycles. The van der Waals surface area contributed by atoms with Crippen molar-refractivity contribution in [2.75, 3.05) is 36.8 Å². The molecule has 1 aliphatic heterocycles. The molecule has 104 valence electrons. The van der Waals surface area contributed by atoms with E-state index in [1.54, 1.807) is 0 Å². The van der Waals surface area contributed by atoms with Crippen LogP contribution in [0.3, 0.4) is 0 Å². The molecule has 0 bridgehead atoms. The first-order valence-electron chi connectivity index (χ1n) is 7.09. The van der Waals surface area contributed by atoms with Gasteiger partial charge in [-0.3, -0.25) is 4.79 Å². The Bertz CT molecular complexity index is 410. The molecule has 0 unspecified atom stereocenters. The second kappa shape index (κ2) is 6.45. The Morgan fingerprint density at radius 2 is 1.89 bits per heavy atom. The molecule has 0 saturated carbocycles. The second-order valence-corrected chi connectivity index (χ2v) is 5.10. The molecule has 4 heteroatoms. The SMILES string of the molecule is CCCN(CC(=O)N1CCCC1)c1ccc(N)cc1. The molecule has 0 radical (unpaired) electrons. The van der Waals surface area contributed by atoms with Crippen molar-refractivity contribution in [2.24, 2.45) is 0 Å². The first kappa shape index (κ1) is 13.7. The van der Waals surface area contributed by atoms with Gasteiger partial charge in [-0.1, -0.05) is 6.92 Å². The molecule has 1 aromatic rings. The quantitative estimate of drug-likeness (QED) is 0.826. The third-order valence-electron chi connectivity index (χ3n) is 3.54. The lowest BCUT2D eigenvalue weighted by Crippen LogP contribution is -2.39. The zero-order chi connectivity index (χ0) is 13.7. The molecular formula is C15H23N3O. The molecule has 1 fully saturated rings. The largest absolute Gasteiger partial charge is 0.399 e. The van der Waals surface area contributed by atoms with Gasteiger partial charge < -0.3 is 15.5 Å². The van der Waals surface area contributed by atoms with Crippen molar-refractivity contribution in [3.05, 3.63) is 24.3 Å². The van der Waals surface area contributed by atoms with Crippen molar-refractivity contribution in [3.63, 3.8) is 0 Å². The second-order valence-electron chi connectivity index (χ2n) is 5.10. The fourth-order valence-electron chi connectivity index (χ4n) is 2.48. The van der Waals surface area contributed by atoms with Crippen LogP contribution < -0.4 is 10.6 Å². The summed E-state index contributed by atoms with van der Waals surface area (Å²) in [5.41, 5.74) is 7.54. The standard InChI is InChI=1S/C15H23N3O/c1-2-9-18(14-7-5-13(16)6-8-14)12-15(19)17-10-3-4-11-17/h5-8H,2-4,9-12,16H2,1H3. The summed E-state index contributed by atoms with van der Waals surface area (Å²) in [7, 11) is 0. The number of benzene rings is 1. The molecule has 0 spiro atoms. The predicted octanol–water partition coefficient (Wildman–Crippen LogP) is 2.11. The van der Waals surface area contributed by atoms with Crippen molar-refractivity contribution in [1.82, 2.24) is 4.90 Å². The van der Waals surface area contributed by atoms with E-state index in [9.17, 15) is 4.79 Å². The van der Waals surface area contributed by atoms with Gasteiger partial charge in [0.15, 0.2) is 0 Å². The summed E-state index contributed by atoms with van der Waals surface area (Å²) in [5.74, 6) is 0.239. The van der Waals surface area contributed by atoms with Gasteiger partial charge in [-0.25, -0.2) is 0 Å². The van der Waals surface area contributed by atoms with E-state index in [0.717, 1.165) is 50.3 Å². The molecule has 2 rings (SSSR count). The zero-order valence-electron chi connectivity index (χ0n) is 11.6. The summed E-state index contributed by atoms with van der Waals surface area (Å²) in [6.07, 6.45) is 3.31. The van der Waals surface area contributed by atoms with Gasteiger partial charge in [0.05, 0.1) is 6.54 Å². The van der Waals surface area contributed by atoms with Crippen LogP contribution in [0.4, 0.5) is 11.4 Å². The maximum atomic E-state index is 12.2. The van der Waals surface area contributed by atoms with Gasteiger partial charge in [-0.05, 0) is 43.5 Å². The molecule has 0 aliphatic carbocycles. The Morgan fingerprint density at radius 1 is 1.26 bits per heavy atom. The average molecular weight is 261 g/mol. The smallest absolute Gasteiger partial charge is 0.242 e. The maximum absolute atomic E-state index is 12.2. The number of nitrogens with zero attached hydrogens (tertiary/aromatic N) is 2. The zero-order valence-corrected chi connectivity index (χ0v) is 11.6. The van der Waals surface area contributed by atoms with Crippen molar-refractivity contribution in [1.29, 1.82) is 0 Å². The van der Waals surface area contributed by atoms with E-state index in [2.05, 4.69) is 11.8 Å². The lowest BCUT2D eigenvalue weighted by Gasteiger charge is -2.26. The van der Waals surface area contributed by atoms with Crippen molar-refractivity contribution < 1.29 is 4.79 Å². The highest BCUT2D eigenvalue weighted by atomic mass is 16.2. The highest BCUT2D eigenvalue weighted by molar-refractivity contribution is 5.81. The number of carbonyl (C=O) groups excluding carboxylic acids is 1. The molecule has 19 heavy (non-hydrogen) atoms. The van der Waals surface area contributed by atoms with Crippen LogP contribution in [0.15, 0.2) is 24.3 Å². The number of hydrogen-bond acceptors (Lipinski definition) is 3. The monoisotopic (exact) mass is 261 g/mol. The Balaban J connectivity index is 2.02. The van der Waals surface area contributed by atoms with Gasteiger partial charge in [0.25, 0.3) is 0 Å². The Labute approximate surface area is 115 Å². The fraction of sp³-hybridized carbons (Fsp3) is 0.533. The summed E-state index contributed by atoms with van der Waals surface area (Å²) in [6, 6.07) is 7.75. The number of carbonyl (C=O) groups is 1. The number of nitrogens with two attached hydrogens (primary N) is 1.